The van der Waals surface area contributed by atoms with Gasteiger partial charge in [0.05, 0.1) is 4.90 Å². The van der Waals surface area contributed by atoms with E-state index in [0.717, 1.165) is 11.1 Å². The van der Waals surface area contributed by atoms with Gasteiger partial charge in [-0.25, -0.2) is 13.2 Å². The normalized spacial score (nSPS) is 12.1. The summed E-state index contributed by atoms with van der Waals surface area (Å²) in [5.41, 5.74) is 4.07. The zero-order valence-corrected chi connectivity index (χ0v) is 22.5. The quantitative estimate of drug-likeness (QED) is 0.332. The molecule has 0 aliphatic heterocycles. The molecule has 0 spiro atoms. The van der Waals surface area contributed by atoms with E-state index in [-0.39, 0.29) is 17.9 Å². The Balaban J connectivity index is 1.83. The summed E-state index contributed by atoms with van der Waals surface area (Å²) in [6.07, 6.45) is 0.145. The van der Waals surface area contributed by atoms with E-state index in [2.05, 4.69) is 10.0 Å². The molecule has 0 fully saturated rings. The fraction of sp³-hybridized carbons (Fsp3) is 0.259. The lowest BCUT2D eigenvalue weighted by molar-refractivity contribution is -0.139. The van der Waals surface area contributed by atoms with E-state index in [4.69, 9.17) is 16.3 Å². The molecule has 1 amide bonds. The van der Waals surface area contributed by atoms with Crippen LogP contribution in [0.5, 0.6) is 0 Å². The van der Waals surface area contributed by atoms with Crippen molar-refractivity contribution in [3.63, 3.8) is 0 Å². The van der Waals surface area contributed by atoms with Crippen LogP contribution in [0.3, 0.4) is 0 Å². The summed E-state index contributed by atoms with van der Waals surface area (Å²) in [4.78, 5) is 24.3. The fourth-order valence-electron chi connectivity index (χ4n) is 3.84. The Morgan fingerprint density at radius 1 is 0.973 bits per heavy atom. The van der Waals surface area contributed by atoms with Gasteiger partial charge in [0.15, 0.2) is 0 Å². The van der Waals surface area contributed by atoms with Gasteiger partial charge in [0, 0.05) is 36.4 Å². The number of sulfonamides is 1. The minimum absolute atomic E-state index is 0.145. The second kappa shape index (κ2) is 11.8. The van der Waals surface area contributed by atoms with Gasteiger partial charge in [-0.15, -0.1) is 0 Å². The summed E-state index contributed by atoms with van der Waals surface area (Å²) in [6, 6.07) is 14.2. The number of rotatable bonds is 10. The zero-order chi connectivity index (χ0) is 27.3. The molecule has 3 rings (SSSR count). The Kier molecular flexibility index (Phi) is 8.96. The van der Waals surface area contributed by atoms with Gasteiger partial charge >= 0.3 is 5.97 Å². The van der Waals surface area contributed by atoms with Gasteiger partial charge in [-0.2, -0.15) is 0 Å². The summed E-state index contributed by atoms with van der Waals surface area (Å²) in [7, 11) is -2.39. The van der Waals surface area contributed by atoms with Crippen molar-refractivity contribution in [3.05, 3.63) is 81.9 Å². The lowest BCUT2D eigenvalue weighted by Crippen LogP contribution is -2.41. The second-order valence-corrected chi connectivity index (χ2v) is 10.8. The Hall–Kier alpha value is -3.40. The lowest BCUT2D eigenvalue weighted by Gasteiger charge is -2.16. The first-order chi connectivity index (χ1) is 17.4. The van der Waals surface area contributed by atoms with E-state index in [1.165, 1.54) is 7.11 Å². The smallest absolute Gasteiger partial charge is 0.326 e. The number of aryl methyl sites for hydroxylation is 3. The van der Waals surface area contributed by atoms with Crippen LogP contribution >= 0.6 is 11.6 Å². The molecular weight excluding hydrogens is 516 g/mol. The maximum Gasteiger partial charge on any atom is 0.326 e. The molecule has 0 radical (unpaired) electrons. The number of carboxylic acids is 1. The molecule has 196 valence electrons. The summed E-state index contributed by atoms with van der Waals surface area (Å²) >= 11 is 6.12. The topological polar surface area (TPSA) is 122 Å². The van der Waals surface area contributed by atoms with Crippen LogP contribution in [0.4, 0.5) is 5.69 Å². The summed E-state index contributed by atoms with van der Waals surface area (Å²) in [5.74, 6) is -1.63. The number of hydrogen-bond acceptors (Lipinski definition) is 5. The molecule has 0 saturated carbocycles. The lowest BCUT2D eigenvalue weighted by atomic mass is 9.99. The van der Waals surface area contributed by atoms with Crippen LogP contribution in [0.1, 0.15) is 33.5 Å². The minimum atomic E-state index is -3.85. The molecule has 0 unspecified atom stereocenters. The van der Waals surface area contributed by atoms with Gasteiger partial charge < -0.3 is 15.2 Å². The molecule has 0 aliphatic rings. The van der Waals surface area contributed by atoms with Gasteiger partial charge in [0.2, 0.25) is 0 Å². The first kappa shape index (κ1) is 28.2. The predicted octanol–water partition coefficient (Wildman–Crippen LogP) is 4.95. The number of nitrogens with one attached hydrogen (secondary N) is 2. The van der Waals surface area contributed by atoms with Crippen LogP contribution in [-0.2, 0) is 19.6 Å². The number of halogens is 1. The van der Waals surface area contributed by atoms with Crippen LogP contribution in [0.15, 0.2) is 59.5 Å². The molecule has 8 nitrogen and oxygen atoms in total. The molecule has 3 aromatic rings. The molecule has 0 aliphatic carbocycles. The third kappa shape index (κ3) is 6.88. The summed E-state index contributed by atoms with van der Waals surface area (Å²) in [5, 5.41) is 12.4. The number of carbonyl (C=O) groups is 2. The van der Waals surface area contributed by atoms with E-state index >= 15 is 0 Å². The van der Waals surface area contributed by atoms with Gasteiger partial charge in [-0.05, 0) is 78.9 Å². The van der Waals surface area contributed by atoms with E-state index in [0.29, 0.717) is 33.0 Å². The summed E-state index contributed by atoms with van der Waals surface area (Å²) < 4.78 is 33.7. The maximum atomic E-state index is 13.1. The first-order valence-electron chi connectivity index (χ1n) is 11.5. The third-order valence-corrected chi connectivity index (χ3v) is 7.81. The van der Waals surface area contributed by atoms with Crippen molar-refractivity contribution in [1.29, 1.82) is 0 Å². The van der Waals surface area contributed by atoms with Crippen molar-refractivity contribution in [1.82, 2.24) is 5.32 Å². The van der Waals surface area contributed by atoms with Gasteiger partial charge in [0.1, 0.15) is 6.04 Å². The number of amides is 1. The Morgan fingerprint density at radius 2 is 1.68 bits per heavy atom. The number of ether oxygens (including phenoxy) is 1. The average molecular weight is 545 g/mol. The number of anilines is 1. The van der Waals surface area contributed by atoms with Crippen molar-refractivity contribution < 1.29 is 27.9 Å². The first-order valence-corrected chi connectivity index (χ1v) is 13.3. The molecule has 0 heterocycles. The van der Waals surface area contributed by atoms with Gasteiger partial charge in [-0.3, -0.25) is 9.52 Å². The highest BCUT2D eigenvalue weighted by Gasteiger charge is 2.22. The molecule has 37 heavy (non-hydrogen) atoms. The summed E-state index contributed by atoms with van der Waals surface area (Å²) in [6.45, 7) is 5.39. The Morgan fingerprint density at radius 3 is 2.32 bits per heavy atom. The highest BCUT2D eigenvalue weighted by atomic mass is 35.5. The van der Waals surface area contributed by atoms with E-state index in [9.17, 15) is 23.1 Å². The zero-order valence-electron chi connectivity index (χ0n) is 21.0. The molecule has 0 aromatic heterocycles. The molecule has 1 atom stereocenters. The molecule has 3 aromatic carbocycles. The van der Waals surface area contributed by atoms with Crippen LogP contribution in [0.25, 0.3) is 11.1 Å². The molecule has 0 bridgehead atoms. The molecule has 10 heteroatoms. The number of carbonyl (C=O) groups excluding carboxylic acids is 1. The van der Waals surface area contributed by atoms with Crippen LogP contribution < -0.4 is 10.0 Å². The largest absolute Gasteiger partial charge is 0.480 e. The van der Waals surface area contributed by atoms with Crippen molar-refractivity contribution >= 4 is 39.2 Å². The highest BCUT2D eigenvalue weighted by Crippen LogP contribution is 2.28. The highest BCUT2D eigenvalue weighted by molar-refractivity contribution is 7.92. The standard InChI is InChI=1S/C27H29ClN2O6S/c1-16-12-20(8-9-22(16)26(31)29-24(27(32)33)10-11-36-4)19-6-5-7-21(15-19)30-37(34,35)25-14-17(2)23(28)13-18(25)3/h5-9,12-15,24,30H,10-11H2,1-4H3,(H,29,31)(H,32,33)/t24-/m0/s1. The minimum Gasteiger partial charge on any atom is -0.480 e. The third-order valence-electron chi connectivity index (χ3n) is 5.88. The monoisotopic (exact) mass is 544 g/mol. The van der Waals surface area contributed by atoms with Crippen molar-refractivity contribution in [2.24, 2.45) is 0 Å². The van der Waals surface area contributed by atoms with Crippen molar-refractivity contribution in [2.45, 2.75) is 38.1 Å². The SMILES string of the molecule is COCC[C@H](NC(=O)c1ccc(-c2cccc(NS(=O)(=O)c3cc(C)c(Cl)cc3C)c2)cc1C)C(=O)O. The number of benzene rings is 3. The Labute approximate surface area is 221 Å². The van der Waals surface area contributed by atoms with Gasteiger partial charge in [-0.1, -0.05) is 35.9 Å². The van der Waals surface area contributed by atoms with E-state index in [1.54, 1.807) is 69.3 Å². The molecule has 3 N–H and O–H groups in total. The van der Waals surface area contributed by atoms with Crippen LogP contribution in [0.2, 0.25) is 5.02 Å². The predicted molar refractivity (Wildman–Crippen MR) is 144 cm³/mol. The number of aliphatic carboxylic acids is 1. The van der Waals surface area contributed by atoms with Crippen LogP contribution in [-0.4, -0.2) is 45.2 Å². The second-order valence-electron chi connectivity index (χ2n) is 8.73. The average Bonchev–Trinajstić information content (AvgIpc) is 2.83. The number of carboxylic acid groups (broad SMARTS) is 1. The van der Waals surface area contributed by atoms with Crippen LogP contribution in [0, 0.1) is 20.8 Å². The number of methoxy groups -OCH3 is 1. The Bertz CT molecular complexity index is 1440. The molecular formula is C27H29ClN2O6S. The van der Waals surface area contributed by atoms with Crippen molar-refractivity contribution in [3.8, 4) is 11.1 Å². The maximum absolute atomic E-state index is 13.1. The van der Waals surface area contributed by atoms with E-state index < -0.39 is 27.9 Å². The van der Waals surface area contributed by atoms with Crippen molar-refractivity contribution in [2.75, 3.05) is 18.4 Å². The van der Waals surface area contributed by atoms with Gasteiger partial charge in [0.25, 0.3) is 15.9 Å². The molecule has 0 saturated heterocycles. The number of hydrogen-bond donors (Lipinski definition) is 3. The fourth-order valence-corrected chi connectivity index (χ4v) is 5.42. The van der Waals surface area contributed by atoms with E-state index in [1.807, 2.05) is 6.07 Å².